The van der Waals surface area contributed by atoms with Crippen LogP contribution in [-0.4, -0.2) is 80.3 Å². The molecule has 0 aliphatic carbocycles. The van der Waals surface area contributed by atoms with Crippen LogP contribution < -0.4 is 16.0 Å². The Morgan fingerprint density at radius 3 is 2.39 bits per heavy atom. The lowest BCUT2D eigenvalue weighted by atomic mass is 10.2. The van der Waals surface area contributed by atoms with Gasteiger partial charge in [-0.25, -0.2) is 0 Å². The highest BCUT2D eigenvalue weighted by atomic mass is 32.2. The van der Waals surface area contributed by atoms with Crippen molar-refractivity contribution in [3.8, 4) is 11.4 Å². The Balaban J connectivity index is 1.22. The van der Waals surface area contributed by atoms with Crippen LogP contribution in [0, 0.1) is 6.92 Å². The van der Waals surface area contributed by atoms with Gasteiger partial charge in [0, 0.05) is 43.5 Å². The van der Waals surface area contributed by atoms with E-state index >= 15 is 0 Å². The molecule has 1 amide bonds. The minimum Gasteiger partial charge on any atom is -0.497 e. The second-order valence-electron chi connectivity index (χ2n) is 9.73. The molecule has 0 saturated carbocycles. The molecule has 2 aromatic heterocycles. The fraction of sp³-hybridized carbons (Fsp3) is 0.321. The van der Waals surface area contributed by atoms with E-state index in [4.69, 9.17) is 14.7 Å². The predicted octanol–water partition coefficient (Wildman–Crippen LogP) is 2.90. The van der Waals surface area contributed by atoms with Gasteiger partial charge in [0.05, 0.1) is 34.7 Å². The molecule has 13 heteroatoms. The molecule has 1 aliphatic heterocycles. The number of nitrogen functional groups attached to an aromatic ring is 1. The summed E-state index contributed by atoms with van der Waals surface area (Å²) in [7, 11) is -2.24. The van der Waals surface area contributed by atoms with E-state index in [1.54, 1.807) is 53.8 Å². The van der Waals surface area contributed by atoms with E-state index < -0.39 is 15.7 Å². The molecular formula is C28H31N5O6S2. The van der Waals surface area contributed by atoms with Crippen LogP contribution in [0.3, 0.4) is 0 Å². The zero-order valence-corrected chi connectivity index (χ0v) is 24.4. The Morgan fingerprint density at radius 1 is 1.05 bits per heavy atom. The first-order valence-corrected chi connectivity index (χ1v) is 15.4. The van der Waals surface area contributed by atoms with Crippen LogP contribution in [-0.2, 0) is 14.3 Å². The summed E-state index contributed by atoms with van der Waals surface area (Å²) in [4.78, 5) is 30.9. The quantitative estimate of drug-likeness (QED) is 0.228. The normalized spacial score (nSPS) is 14.4. The summed E-state index contributed by atoms with van der Waals surface area (Å²) in [5.41, 5.74) is 7.38. The third-order valence-corrected chi connectivity index (χ3v) is 9.16. The SMILES string of the molecule is COc1ccc(-n2nc(C(=O)N3CCN(CCCOS(=O)(=O)c4ccc(C)cc4)CC3)c3csc(N)c3c2=O)cc1. The van der Waals surface area contributed by atoms with Crippen molar-refractivity contribution < 1.29 is 22.1 Å². The van der Waals surface area contributed by atoms with Crippen molar-refractivity contribution in [2.75, 3.05) is 52.2 Å². The summed E-state index contributed by atoms with van der Waals surface area (Å²) in [5, 5.41) is 7.24. The number of hydrogen-bond acceptors (Lipinski definition) is 10. The smallest absolute Gasteiger partial charge is 0.296 e. The van der Waals surface area contributed by atoms with Gasteiger partial charge in [-0.1, -0.05) is 17.7 Å². The van der Waals surface area contributed by atoms with Crippen molar-refractivity contribution in [1.82, 2.24) is 19.6 Å². The number of piperazine rings is 1. The zero-order valence-electron chi connectivity index (χ0n) is 22.8. The molecule has 11 nitrogen and oxygen atoms in total. The molecule has 0 bridgehead atoms. The van der Waals surface area contributed by atoms with Gasteiger partial charge in [-0.05, 0) is 49.7 Å². The third kappa shape index (κ3) is 6.12. The average molecular weight is 598 g/mol. The second-order valence-corrected chi connectivity index (χ2v) is 12.3. The number of thiophene rings is 1. The van der Waals surface area contributed by atoms with Gasteiger partial charge in [0.1, 0.15) is 5.75 Å². The summed E-state index contributed by atoms with van der Waals surface area (Å²) in [6.45, 7) is 4.76. The van der Waals surface area contributed by atoms with Crippen LogP contribution in [0.5, 0.6) is 5.75 Å². The van der Waals surface area contributed by atoms with E-state index in [2.05, 4.69) is 10.00 Å². The van der Waals surface area contributed by atoms with E-state index in [9.17, 15) is 18.0 Å². The largest absolute Gasteiger partial charge is 0.497 e. The van der Waals surface area contributed by atoms with Crippen LogP contribution in [0.25, 0.3) is 16.5 Å². The van der Waals surface area contributed by atoms with Gasteiger partial charge in [0.25, 0.3) is 21.6 Å². The number of carbonyl (C=O) groups excluding carboxylic acids is 1. The number of nitrogens with zero attached hydrogens (tertiary/aromatic N) is 4. The van der Waals surface area contributed by atoms with E-state index in [-0.39, 0.29) is 28.5 Å². The first kappa shape index (κ1) is 28.7. The first-order chi connectivity index (χ1) is 19.7. The highest BCUT2D eigenvalue weighted by Gasteiger charge is 2.27. The van der Waals surface area contributed by atoms with E-state index in [0.29, 0.717) is 61.0 Å². The molecule has 2 aromatic carbocycles. The number of anilines is 1. The zero-order chi connectivity index (χ0) is 29.1. The lowest BCUT2D eigenvalue weighted by molar-refractivity contribution is 0.0625. The summed E-state index contributed by atoms with van der Waals surface area (Å²) in [5.74, 6) is 0.355. The predicted molar refractivity (Wildman–Crippen MR) is 157 cm³/mol. The number of nitrogens with two attached hydrogens (primary N) is 1. The minimum atomic E-state index is -3.79. The topological polar surface area (TPSA) is 137 Å². The number of ether oxygens (including phenoxy) is 1. The minimum absolute atomic E-state index is 0.0732. The van der Waals surface area contributed by atoms with Crippen LogP contribution in [0.1, 0.15) is 22.5 Å². The summed E-state index contributed by atoms with van der Waals surface area (Å²) in [6, 6.07) is 13.4. The Bertz CT molecular complexity index is 1710. The molecule has 41 heavy (non-hydrogen) atoms. The summed E-state index contributed by atoms with van der Waals surface area (Å²) in [6.07, 6.45) is 0.530. The number of amides is 1. The van der Waals surface area contributed by atoms with Gasteiger partial charge in [-0.3, -0.25) is 18.7 Å². The fourth-order valence-corrected chi connectivity index (χ4v) is 6.42. The number of carbonyl (C=O) groups is 1. The summed E-state index contributed by atoms with van der Waals surface area (Å²) >= 11 is 1.20. The van der Waals surface area contributed by atoms with E-state index in [1.165, 1.54) is 28.2 Å². The maximum atomic E-state index is 13.6. The van der Waals surface area contributed by atoms with Gasteiger partial charge in [0.2, 0.25) is 0 Å². The van der Waals surface area contributed by atoms with Crippen molar-refractivity contribution in [2.24, 2.45) is 0 Å². The van der Waals surface area contributed by atoms with Crippen LogP contribution in [0.4, 0.5) is 5.00 Å². The highest BCUT2D eigenvalue weighted by molar-refractivity contribution is 7.86. The van der Waals surface area contributed by atoms with Crippen LogP contribution in [0.2, 0.25) is 0 Å². The Hall–Kier alpha value is -3.78. The Kier molecular flexibility index (Phi) is 8.40. The molecule has 1 saturated heterocycles. The van der Waals surface area contributed by atoms with Crippen LogP contribution >= 0.6 is 11.3 Å². The maximum absolute atomic E-state index is 13.6. The molecule has 0 spiro atoms. The second kappa shape index (κ2) is 12.0. The number of aromatic nitrogens is 2. The van der Waals surface area contributed by atoms with Crippen molar-refractivity contribution in [3.63, 3.8) is 0 Å². The molecular weight excluding hydrogens is 566 g/mol. The molecule has 1 aliphatic rings. The van der Waals surface area contributed by atoms with Crippen molar-refractivity contribution in [1.29, 1.82) is 0 Å². The van der Waals surface area contributed by atoms with Crippen molar-refractivity contribution in [2.45, 2.75) is 18.2 Å². The van der Waals surface area contributed by atoms with E-state index in [1.807, 2.05) is 6.92 Å². The highest BCUT2D eigenvalue weighted by Crippen LogP contribution is 2.28. The van der Waals surface area contributed by atoms with Crippen LogP contribution in [0.15, 0.2) is 63.6 Å². The molecule has 1 fully saturated rings. The average Bonchev–Trinajstić information content (AvgIpc) is 3.38. The lowest BCUT2D eigenvalue weighted by Crippen LogP contribution is -2.49. The van der Waals surface area contributed by atoms with Gasteiger partial charge in [0.15, 0.2) is 5.69 Å². The van der Waals surface area contributed by atoms with Crippen molar-refractivity contribution in [3.05, 3.63) is 75.5 Å². The molecule has 0 atom stereocenters. The van der Waals surface area contributed by atoms with Gasteiger partial charge < -0.3 is 15.4 Å². The fourth-order valence-electron chi connectivity index (χ4n) is 4.68. The Morgan fingerprint density at radius 2 is 1.73 bits per heavy atom. The first-order valence-electron chi connectivity index (χ1n) is 13.1. The van der Waals surface area contributed by atoms with Gasteiger partial charge in [-0.15, -0.1) is 11.3 Å². The van der Waals surface area contributed by atoms with Gasteiger partial charge >= 0.3 is 0 Å². The molecule has 3 heterocycles. The molecule has 2 N–H and O–H groups in total. The molecule has 0 radical (unpaired) electrons. The number of aryl methyl sites for hydroxylation is 1. The lowest BCUT2D eigenvalue weighted by Gasteiger charge is -2.34. The number of fused-ring (bicyclic) bond motifs is 1. The summed E-state index contributed by atoms with van der Waals surface area (Å²) < 4.78 is 36.4. The van der Waals surface area contributed by atoms with Gasteiger partial charge in [-0.2, -0.15) is 18.2 Å². The molecule has 0 unspecified atom stereocenters. The maximum Gasteiger partial charge on any atom is 0.296 e. The van der Waals surface area contributed by atoms with E-state index in [0.717, 1.165) is 5.56 Å². The monoisotopic (exact) mass is 597 g/mol. The number of hydrogen-bond donors (Lipinski definition) is 1. The Labute approximate surface area is 241 Å². The molecule has 4 aromatic rings. The molecule has 216 valence electrons. The number of methoxy groups -OCH3 is 1. The third-order valence-electron chi connectivity index (χ3n) is 7.03. The standard InChI is InChI=1S/C28H31N5O6S2/c1-19-4-10-22(11-5-19)41(36,37)39-17-3-12-31-13-15-32(16-14-31)28(35)25-23-18-40-26(29)24(23)27(34)33(30-25)20-6-8-21(38-2)9-7-20/h4-11,18H,3,12-17,29H2,1-2H3. The number of benzene rings is 2. The van der Waals surface area contributed by atoms with Crippen molar-refractivity contribution >= 4 is 43.1 Å². The molecule has 5 rings (SSSR count). The number of rotatable bonds is 9.